The van der Waals surface area contributed by atoms with Gasteiger partial charge in [0.1, 0.15) is 5.58 Å². The van der Waals surface area contributed by atoms with E-state index in [0.717, 1.165) is 5.39 Å². The first-order valence-corrected chi connectivity index (χ1v) is 3.97. The summed E-state index contributed by atoms with van der Waals surface area (Å²) < 4.78 is 5.04. The molecule has 2 aromatic rings. The summed E-state index contributed by atoms with van der Waals surface area (Å²) in [4.78, 5) is 11.1. The molecule has 0 unspecified atom stereocenters. The van der Waals surface area contributed by atoms with Gasteiger partial charge in [-0.25, -0.2) is 4.79 Å². The van der Waals surface area contributed by atoms with Crippen molar-refractivity contribution in [2.24, 2.45) is 0 Å². The van der Waals surface area contributed by atoms with Crippen LogP contribution in [-0.4, -0.2) is 0 Å². The van der Waals surface area contributed by atoms with E-state index in [-0.39, 0.29) is 5.63 Å². The Bertz CT molecular complexity index is 514. The Balaban J connectivity index is 2.89. The smallest absolute Gasteiger partial charge is 0.339 e. The second-order valence-corrected chi connectivity index (χ2v) is 3.01. The minimum atomic E-state index is -0.307. The number of aryl methyl sites for hydroxylation is 1. The van der Waals surface area contributed by atoms with Gasteiger partial charge in [0.15, 0.2) is 0 Å². The Labute approximate surface area is 74.8 Å². The SMILES string of the molecule is Cc1cc2ccc(N)cc2oc1=O. The second-order valence-electron chi connectivity index (χ2n) is 3.01. The largest absolute Gasteiger partial charge is 0.422 e. The monoisotopic (exact) mass is 175 g/mol. The summed E-state index contributed by atoms with van der Waals surface area (Å²) in [6, 6.07) is 7.05. The van der Waals surface area contributed by atoms with Gasteiger partial charge < -0.3 is 10.2 Å². The Morgan fingerprint density at radius 2 is 2.08 bits per heavy atom. The summed E-state index contributed by atoms with van der Waals surface area (Å²) in [6.45, 7) is 1.72. The Hall–Kier alpha value is -1.77. The van der Waals surface area contributed by atoms with Gasteiger partial charge in [-0.1, -0.05) is 0 Å². The van der Waals surface area contributed by atoms with E-state index in [1.165, 1.54) is 0 Å². The van der Waals surface area contributed by atoms with Crippen LogP contribution in [0, 0.1) is 6.92 Å². The summed E-state index contributed by atoms with van der Waals surface area (Å²) in [5.41, 5.74) is 6.99. The van der Waals surface area contributed by atoms with Crippen LogP contribution in [0.2, 0.25) is 0 Å². The van der Waals surface area contributed by atoms with Crippen molar-refractivity contribution in [1.29, 1.82) is 0 Å². The third-order valence-corrected chi connectivity index (χ3v) is 1.93. The summed E-state index contributed by atoms with van der Waals surface area (Å²) >= 11 is 0. The van der Waals surface area contributed by atoms with E-state index >= 15 is 0 Å². The average Bonchev–Trinajstić information content (AvgIpc) is 2.08. The summed E-state index contributed by atoms with van der Waals surface area (Å²) in [6.07, 6.45) is 0. The van der Waals surface area contributed by atoms with Crippen LogP contribution in [-0.2, 0) is 0 Å². The molecule has 13 heavy (non-hydrogen) atoms. The quantitative estimate of drug-likeness (QED) is 0.489. The van der Waals surface area contributed by atoms with Crippen LogP contribution in [0.4, 0.5) is 5.69 Å². The van der Waals surface area contributed by atoms with Crippen LogP contribution in [0.5, 0.6) is 0 Å². The molecule has 66 valence electrons. The topological polar surface area (TPSA) is 56.2 Å². The highest BCUT2D eigenvalue weighted by atomic mass is 16.4. The fourth-order valence-corrected chi connectivity index (χ4v) is 1.23. The van der Waals surface area contributed by atoms with Crippen LogP contribution in [0.3, 0.4) is 0 Å². The fraction of sp³-hybridized carbons (Fsp3) is 0.100. The Morgan fingerprint density at radius 1 is 1.31 bits per heavy atom. The molecular weight excluding hydrogens is 166 g/mol. The first-order valence-electron chi connectivity index (χ1n) is 3.97. The van der Waals surface area contributed by atoms with Gasteiger partial charge in [0.2, 0.25) is 0 Å². The molecule has 0 saturated carbocycles. The number of anilines is 1. The zero-order valence-electron chi connectivity index (χ0n) is 7.20. The molecule has 0 bridgehead atoms. The zero-order chi connectivity index (χ0) is 9.42. The van der Waals surface area contributed by atoms with E-state index in [1.807, 2.05) is 6.07 Å². The highest BCUT2D eigenvalue weighted by Gasteiger charge is 2.00. The molecular formula is C10H9NO2. The first kappa shape index (κ1) is 7.86. The molecule has 0 radical (unpaired) electrons. The third-order valence-electron chi connectivity index (χ3n) is 1.93. The maximum absolute atomic E-state index is 11.1. The standard InChI is InChI=1S/C10H9NO2/c1-6-4-7-2-3-8(11)5-9(7)13-10(6)12/h2-5H,11H2,1H3. The molecule has 3 nitrogen and oxygen atoms in total. The van der Waals surface area contributed by atoms with Gasteiger partial charge in [0.05, 0.1) is 0 Å². The lowest BCUT2D eigenvalue weighted by Crippen LogP contribution is -2.01. The van der Waals surface area contributed by atoms with E-state index in [1.54, 1.807) is 25.1 Å². The molecule has 0 spiro atoms. The second kappa shape index (κ2) is 2.62. The molecule has 1 aromatic heterocycles. The lowest BCUT2D eigenvalue weighted by Gasteiger charge is -1.98. The molecule has 3 heteroatoms. The van der Waals surface area contributed by atoms with Crippen molar-refractivity contribution < 1.29 is 4.42 Å². The van der Waals surface area contributed by atoms with E-state index in [9.17, 15) is 4.79 Å². The van der Waals surface area contributed by atoms with E-state index in [0.29, 0.717) is 16.8 Å². The predicted molar refractivity (Wildman–Crippen MR) is 51.6 cm³/mol. The maximum Gasteiger partial charge on any atom is 0.339 e. The van der Waals surface area contributed by atoms with Crippen molar-refractivity contribution in [3.05, 3.63) is 40.2 Å². The van der Waals surface area contributed by atoms with Crippen molar-refractivity contribution in [2.45, 2.75) is 6.92 Å². The number of fused-ring (bicyclic) bond motifs is 1. The molecule has 0 atom stereocenters. The van der Waals surface area contributed by atoms with E-state index in [4.69, 9.17) is 10.2 Å². The number of rotatable bonds is 0. The van der Waals surface area contributed by atoms with Crippen LogP contribution < -0.4 is 11.4 Å². The molecule has 1 aromatic carbocycles. The van der Waals surface area contributed by atoms with Gasteiger partial charge in [-0.05, 0) is 25.1 Å². The molecule has 0 aliphatic heterocycles. The van der Waals surface area contributed by atoms with Gasteiger partial charge in [-0.3, -0.25) is 0 Å². The van der Waals surface area contributed by atoms with Crippen LogP contribution >= 0.6 is 0 Å². The van der Waals surface area contributed by atoms with Gasteiger partial charge >= 0.3 is 5.63 Å². The molecule has 0 aliphatic carbocycles. The molecule has 2 N–H and O–H groups in total. The van der Waals surface area contributed by atoms with Crippen molar-refractivity contribution >= 4 is 16.7 Å². The van der Waals surface area contributed by atoms with Crippen LogP contribution in [0.25, 0.3) is 11.0 Å². The molecule has 0 fully saturated rings. The van der Waals surface area contributed by atoms with Crippen molar-refractivity contribution in [3.63, 3.8) is 0 Å². The van der Waals surface area contributed by atoms with Gasteiger partial charge in [0, 0.05) is 22.7 Å². The molecule has 0 aliphatic rings. The maximum atomic E-state index is 11.1. The number of nitrogen functional groups attached to an aromatic ring is 1. The number of nitrogens with two attached hydrogens (primary N) is 1. The lowest BCUT2D eigenvalue weighted by molar-refractivity contribution is 0.555. The predicted octanol–water partition coefficient (Wildman–Crippen LogP) is 1.68. The highest BCUT2D eigenvalue weighted by Crippen LogP contribution is 2.16. The van der Waals surface area contributed by atoms with Gasteiger partial charge in [0.25, 0.3) is 0 Å². The molecule has 0 saturated heterocycles. The Kier molecular flexibility index (Phi) is 1.59. The van der Waals surface area contributed by atoms with Crippen LogP contribution in [0.15, 0.2) is 33.5 Å². The van der Waals surface area contributed by atoms with Gasteiger partial charge in [-0.2, -0.15) is 0 Å². The molecule has 0 amide bonds. The minimum absolute atomic E-state index is 0.307. The lowest BCUT2D eigenvalue weighted by atomic mass is 10.2. The van der Waals surface area contributed by atoms with E-state index < -0.39 is 0 Å². The van der Waals surface area contributed by atoms with Crippen molar-refractivity contribution in [1.82, 2.24) is 0 Å². The Morgan fingerprint density at radius 3 is 2.85 bits per heavy atom. The minimum Gasteiger partial charge on any atom is -0.422 e. The fourth-order valence-electron chi connectivity index (χ4n) is 1.23. The highest BCUT2D eigenvalue weighted by molar-refractivity contribution is 5.80. The molecule has 1 heterocycles. The average molecular weight is 175 g/mol. The summed E-state index contributed by atoms with van der Waals surface area (Å²) in [5, 5.41) is 0.895. The first-order chi connectivity index (χ1) is 6.16. The number of benzene rings is 1. The van der Waals surface area contributed by atoms with Gasteiger partial charge in [-0.15, -0.1) is 0 Å². The normalized spacial score (nSPS) is 10.5. The summed E-state index contributed by atoms with van der Waals surface area (Å²) in [7, 11) is 0. The van der Waals surface area contributed by atoms with Crippen molar-refractivity contribution in [2.75, 3.05) is 5.73 Å². The van der Waals surface area contributed by atoms with E-state index in [2.05, 4.69) is 0 Å². The number of hydrogen-bond acceptors (Lipinski definition) is 3. The van der Waals surface area contributed by atoms with Crippen LogP contribution in [0.1, 0.15) is 5.56 Å². The third kappa shape index (κ3) is 1.28. The summed E-state index contributed by atoms with van der Waals surface area (Å²) in [5.74, 6) is 0. The number of hydrogen-bond donors (Lipinski definition) is 1. The molecule has 2 rings (SSSR count). The van der Waals surface area contributed by atoms with Crippen molar-refractivity contribution in [3.8, 4) is 0 Å². The zero-order valence-corrected chi connectivity index (χ0v) is 7.20.